The molecule has 0 saturated heterocycles. The lowest BCUT2D eigenvalue weighted by molar-refractivity contribution is -0.134. The second kappa shape index (κ2) is 12.6. The molecule has 2 aromatic carbocycles. The normalized spacial score (nSPS) is 12.8. The summed E-state index contributed by atoms with van der Waals surface area (Å²) in [7, 11) is 1.44. The monoisotopic (exact) mass is 566 g/mol. The van der Waals surface area contributed by atoms with Crippen molar-refractivity contribution in [3.8, 4) is 23.2 Å². The maximum absolute atomic E-state index is 16.0. The van der Waals surface area contributed by atoms with E-state index in [4.69, 9.17) is 35.3 Å². The number of hydrogen-bond acceptors (Lipinski definition) is 10. The molecule has 0 radical (unpaired) electrons. The first-order valence-corrected chi connectivity index (χ1v) is 12.2. The lowest BCUT2D eigenvalue weighted by Crippen LogP contribution is -2.18. The van der Waals surface area contributed by atoms with Crippen LogP contribution in [-0.4, -0.2) is 62.0 Å². The van der Waals surface area contributed by atoms with Crippen LogP contribution in [0.1, 0.15) is 36.3 Å². The quantitative estimate of drug-likeness (QED) is 0.162. The average Bonchev–Trinajstić information content (AvgIpc) is 3.16. The summed E-state index contributed by atoms with van der Waals surface area (Å²) < 4.78 is 33.8. The van der Waals surface area contributed by atoms with Gasteiger partial charge in [0.05, 0.1) is 20.3 Å². The first kappa shape index (κ1) is 28.5. The lowest BCUT2D eigenvalue weighted by atomic mass is 10.0. The van der Waals surface area contributed by atoms with E-state index < -0.39 is 23.5 Å². The Morgan fingerprint density at radius 3 is 2.46 bits per heavy atom. The number of benzene rings is 2. The fraction of sp³-hybridized carbons (Fsp3) is 0.231. The van der Waals surface area contributed by atoms with Crippen molar-refractivity contribution >= 4 is 17.5 Å². The summed E-state index contributed by atoms with van der Waals surface area (Å²) in [6.07, 6.45) is 3.53. The van der Waals surface area contributed by atoms with Crippen molar-refractivity contribution in [3.05, 3.63) is 82.0 Å². The highest BCUT2D eigenvalue weighted by Crippen LogP contribution is 2.45. The zero-order valence-electron chi connectivity index (χ0n) is 22.1. The molecule has 214 valence electrons. The van der Waals surface area contributed by atoms with Crippen LogP contribution in [0.3, 0.4) is 0 Å². The maximum Gasteiger partial charge on any atom is 0.350 e. The minimum Gasteiger partial charge on any atom is -0.493 e. The van der Waals surface area contributed by atoms with E-state index in [-0.39, 0.29) is 47.0 Å². The van der Waals surface area contributed by atoms with Crippen molar-refractivity contribution in [1.29, 1.82) is 5.41 Å². The molecule has 3 heterocycles. The van der Waals surface area contributed by atoms with Crippen LogP contribution in [0.25, 0.3) is 5.95 Å². The number of H-pyrrole nitrogens is 1. The van der Waals surface area contributed by atoms with E-state index >= 15 is 4.39 Å². The number of hydrogen-bond donors (Lipinski definition) is 5. The largest absolute Gasteiger partial charge is 0.493 e. The molecule has 0 saturated carbocycles. The van der Waals surface area contributed by atoms with Gasteiger partial charge in [0.25, 0.3) is 11.9 Å². The molecular formula is C26H27FN8O6. The Bertz CT molecular complexity index is 1590. The summed E-state index contributed by atoms with van der Waals surface area (Å²) in [6, 6.07) is 8.72. The molecule has 0 unspecified atom stereocenters. The minimum atomic E-state index is -1.01. The van der Waals surface area contributed by atoms with Crippen molar-refractivity contribution in [3.63, 3.8) is 0 Å². The Balaban J connectivity index is 0.000000909. The maximum atomic E-state index is 16.0. The van der Waals surface area contributed by atoms with Gasteiger partial charge in [-0.25, -0.2) is 19.2 Å². The number of nitrogens with zero attached hydrogens (tertiary/aromatic N) is 4. The number of aliphatic carboxylic acids is 1. The third kappa shape index (κ3) is 6.58. The molecule has 15 heteroatoms. The molecule has 0 aliphatic carbocycles. The van der Waals surface area contributed by atoms with E-state index in [2.05, 4.69) is 25.4 Å². The van der Waals surface area contributed by atoms with Crippen LogP contribution in [0, 0.1) is 11.2 Å². The van der Waals surface area contributed by atoms with Gasteiger partial charge in [-0.3, -0.25) is 15.2 Å². The van der Waals surface area contributed by atoms with Gasteiger partial charge in [-0.05, 0) is 36.4 Å². The molecule has 0 spiro atoms. The number of carboxylic acids is 1. The second-order valence-corrected chi connectivity index (χ2v) is 8.55. The molecule has 1 atom stereocenters. The number of nitrogen functional groups attached to an aromatic ring is 1. The first-order valence-electron chi connectivity index (χ1n) is 12.2. The summed E-state index contributed by atoms with van der Waals surface area (Å²) >= 11 is 0. The summed E-state index contributed by atoms with van der Waals surface area (Å²) in [5.74, 6) is -1.13. The van der Waals surface area contributed by atoms with Gasteiger partial charge < -0.3 is 30.4 Å². The van der Waals surface area contributed by atoms with Crippen LogP contribution in [0.15, 0.2) is 53.6 Å². The molecule has 0 fully saturated rings. The molecule has 1 aliphatic rings. The van der Waals surface area contributed by atoms with Gasteiger partial charge in [0.2, 0.25) is 11.5 Å². The second-order valence-electron chi connectivity index (χ2n) is 8.55. The number of carboxylic acid groups (broad SMARTS) is 1. The minimum absolute atomic E-state index is 0.0521. The van der Waals surface area contributed by atoms with Crippen LogP contribution in [0.5, 0.6) is 17.2 Å². The zero-order valence-corrected chi connectivity index (χ0v) is 22.1. The Labute approximate surface area is 232 Å². The molecule has 5 rings (SSSR count). The third-order valence-corrected chi connectivity index (χ3v) is 5.64. The van der Waals surface area contributed by atoms with Gasteiger partial charge in [0, 0.05) is 42.6 Å². The predicted molar refractivity (Wildman–Crippen MR) is 145 cm³/mol. The number of amidine groups is 1. The van der Waals surface area contributed by atoms with Gasteiger partial charge in [0.15, 0.2) is 17.4 Å². The number of nitrogens with one attached hydrogen (secondary N) is 3. The predicted octanol–water partition coefficient (Wildman–Crippen LogP) is 2.24. The molecule has 2 aromatic heterocycles. The van der Waals surface area contributed by atoms with Crippen molar-refractivity contribution in [1.82, 2.24) is 24.7 Å². The standard InChI is InChI=1S/C24H23FN8O4.C2H4O2/c1-35-16-12-15(17(25)20-19(16)36-10-3-11-37-20)18(30-14-6-4-13(5-7-14)21(26)27)22-31-24(34)33(32-22)23-28-8-2-9-29-23;1-2(3)4/h2,4-9,12,18,30H,3,10-11H2,1H3,(H3,26,27)(H,31,32,34);1H3,(H,3,4)/t18-;/m0./s1. The fourth-order valence-electron chi connectivity index (χ4n) is 3.86. The number of ether oxygens (including phenoxy) is 3. The Morgan fingerprint density at radius 2 is 1.85 bits per heavy atom. The molecule has 4 aromatic rings. The fourth-order valence-corrected chi connectivity index (χ4v) is 3.86. The molecule has 6 N–H and O–H groups in total. The smallest absolute Gasteiger partial charge is 0.350 e. The van der Waals surface area contributed by atoms with E-state index in [1.807, 2.05) is 0 Å². The first-order chi connectivity index (χ1) is 19.7. The Hall–Kier alpha value is -5.47. The van der Waals surface area contributed by atoms with Crippen molar-refractivity contribution in [2.45, 2.75) is 19.4 Å². The van der Waals surface area contributed by atoms with Gasteiger partial charge in [-0.15, -0.1) is 9.78 Å². The van der Waals surface area contributed by atoms with Crippen LogP contribution in [-0.2, 0) is 4.79 Å². The summed E-state index contributed by atoms with van der Waals surface area (Å²) in [6.45, 7) is 1.69. The zero-order chi connectivity index (χ0) is 29.5. The van der Waals surface area contributed by atoms with E-state index in [0.717, 1.165) is 11.6 Å². The number of halogens is 1. The van der Waals surface area contributed by atoms with Crippen LogP contribution in [0.4, 0.5) is 10.1 Å². The number of rotatable bonds is 7. The number of anilines is 1. The van der Waals surface area contributed by atoms with Gasteiger partial charge >= 0.3 is 5.69 Å². The highest BCUT2D eigenvalue weighted by molar-refractivity contribution is 5.95. The molecule has 0 amide bonds. The van der Waals surface area contributed by atoms with Crippen molar-refractivity contribution in [2.75, 3.05) is 25.6 Å². The lowest BCUT2D eigenvalue weighted by Gasteiger charge is -2.22. The van der Waals surface area contributed by atoms with E-state index in [9.17, 15) is 4.79 Å². The highest BCUT2D eigenvalue weighted by Gasteiger charge is 2.31. The van der Waals surface area contributed by atoms with E-state index in [1.54, 1.807) is 30.3 Å². The number of aromatic nitrogens is 5. The van der Waals surface area contributed by atoms with Crippen LogP contribution in [0.2, 0.25) is 0 Å². The summed E-state index contributed by atoms with van der Waals surface area (Å²) in [5.41, 5.74) is 6.11. The molecular weight excluding hydrogens is 539 g/mol. The topological polar surface area (TPSA) is 203 Å². The van der Waals surface area contributed by atoms with Crippen LogP contribution < -0.4 is 31.0 Å². The average molecular weight is 567 g/mol. The van der Waals surface area contributed by atoms with E-state index in [1.165, 1.54) is 25.6 Å². The Morgan fingerprint density at radius 1 is 1.22 bits per heavy atom. The summed E-state index contributed by atoms with van der Waals surface area (Å²) in [4.78, 5) is 32.6. The molecule has 0 bridgehead atoms. The van der Waals surface area contributed by atoms with Crippen molar-refractivity contribution < 1.29 is 28.5 Å². The molecule has 14 nitrogen and oxygen atoms in total. The molecule has 41 heavy (non-hydrogen) atoms. The number of aromatic amines is 1. The van der Waals surface area contributed by atoms with E-state index in [0.29, 0.717) is 24.3 Å². The third-order valence-electron chi connectivity index (χ3n) is 5.64. The van der Waals surface area contributed by atoms with Crippen LogP contribution >= 0.6 is 0 Å². The number of fused-ring (bicyclic) bond motifs is 1. The van der Waals surface area contributed by atoms with Gasteiger partial charge in [-0.2, -0.15) is 0 Å². The van der Waals surface area contributed by atoms with Gasteiger partial charge in [-0.1, -0.05) is 0 Å². The number of carbonyl (C=O) groups is 1. The highest BCUT2D eigenvalue weighted by atomic mass is 19.1. The number of nitrogens with two attached hydrogens (primary N) is 1. The van der Waals surface area contributed by atoms with Gasteiger partial charge in [0.1, 0.15) is 11.9 Å². The number of methoxy groups -OCH3 is 1. The molecule has 1 aliphatic heterocycles. The summed E-state index contributed by atoms with van der Waals surface area (Å²) in [5, 5.41) is 22.6. The Kier molecular flexibility index (Phi) is 8.76. The van der Waals surface area contributed by atoms with Crippen molar-refractivity contribution in [2.24, 2.45) is 5.73 Å². The SMILES string of the molecule is CC(=O)O.COc1cc([C@H](Nc2ccc(C(=N)N)cc2)c2nn(-c3ncccn3)c(=O)[nH]2)c(F)c2c1OCCCO2.